The smallest absolute Gasteiger partial charge is 0.374 e. The highest BCUT2D eigenvalue weighted by molar-refractivity contribution is 5.85. The number of ether oxygens (including phenoxy) is 1. The Kier molecular flexibility index (Phi) is 4.61. The Balaban J connectivity index is 1.69. The number of carboxylic acid groups (broad SMARTS) is 1. The number of para-hydroxylation sites is 1. The maximum atomic E-state index is 10.8. The fourth-order valence-corrected chi connectivity index (χ4v) is 2.38. The molecule has 1 N–H and O–H groups in total. The van der Waals surface area contributed by atoms with Gasteiger partial charge in [0.15, 0.2) is 0 Å². The van der Waals surface area contributed by atoms with Crippen molar-refractivity contribution in [3.63, 3.8) is 0 Å². The summed E-state index contributed by atoms with van der Waals surface area (Å²) < 4.78 is 10.7. The van der Waals surface area contributed by atoms with Crippen molar-refractivity contribution in [2.24, 2.45) is 0 Å². The van der Waals surface area contributed by atoms with Crippen LogP contribution in [0.3, 0.4) is 0 Å². The molecule has 0 atom stereocenters. The molecule has 0 aliphatic rings. The Labute approximate surface area is 139 Å². The summed E-state index contributed by atoms with van der Waals surface area (Å²) in [5.74, 6) is -0.409. The first-order valence-electron chi connectivity index (χ1n) is 7.67. The fourth-order valence-electron chi connectivity index (χ4n) is 2.38. The van der Waals surface area contributed by atoms with Gasteiger partial charge in [0.2, 0.25) is 5.76 Å². The lowest BCUT2D eigenvalue weighted by Crippen LogP contribution is -1.98. The monoisotopic (exact) mass is 323 g/mol. The minimum absolute atomic E-state index is 0.173. The van der Waals surface area contributed by atoms with Gasteiger partial charge in [-0.2, -0.15) is 0 Å². The van der Waals surface area contributed by atoms with Gasteiger partial charge >= 0.3 is 5.97 Å². The van der Waals surface area contributed by atoms with E-state index in [0.29, 0.717) is 12.3 Å². The first kappa shape index (κ1) is 15.8. The second-order valence-electron chi connectivity index (χ2n) is 5.33. The van der Waals surface area contributed by atoms with Crippen molar-refractivity contribution in [2.45, 2.75) is 20.0 Å². The molecule has 0 aliphatic heterocycles. The number of carbonyl (C=O) groups is 1. The van der Waals surface area contributed by atoms with Crippen molar-refractivity contribution >= 4 is 5.97 Å². The fraction of sp³-hybridized carbons (Fsp3) is 0.158. The normalized spacial score (nSPS) is 10.5. The molecule has 0 fully saturated rings. The van der Waals surface area contributed by atoms with Crippen molar-refractivity contribution in [1.29, 1.82) is 0 Å². The number of hydrogen-bond acceptors (Lipinski definition) is 4. The van der Waals surface area contributed by atoms with E-state index in [1.54, 1.807) is 0 Å². The quantitative estimate of drug-likeness (QED) is 0.736. The average Bonchev–Trinajstić information content (AvgIpc) is 3.11. The van der Waals surface area contributed by atoms with Gasteiger partial charge < -0.3 is 14.4 Å². The Hall–Kier alpha value is -3.08. The number of aromatic carboxylic acids is 1. The van der Waals surface area contributed by atoms with E-state index in [1.165, 1.54) is 11.6 Å². The van der Waals surface area contributed by atoms with Gasteiger partial charge in [0, 0.05) is 11.6 Å². The van der Waals surface area contributed by atoms with Crippen LogP contribution >= 0.6 is 0 Å². The SMILES string of the molecule is CCc1ccccc1OCc1ccc(-c2cc(C(=O)O)on2)cc1. The molecule has 1 heterocycles. The second-order valence-corrected chi connectivity index (χ2v) is 5.33. The predicted octanol–water partition coefficient (Wildman–Crippen LogP) is 4.18. The first-order valence-corrected chi connectivity index (χ1v) is 7.67. The van der Waals surface area contributed by atoms with Crippen LogP contribution in [0.5, 0.6) is 5.75 Å². The number of carboxylic acids is 1. The van der Waals surface area contributed by atoms with Crippen molar-refractivity contribution in [1.82, 2.24) is 5.16 Å². The van der Waals surface area contributed by atoms with Crippen LogP contribution < -0.4 is 4.74 Å². The van der Waals surface area contributed by atoms with Gasteiger partial charge in [-0.15, -0.1) is 0 Å². The van der Waals surface area contributed by atoms with Gasteiger partial charge in [-0.05, 0) is 23.6 Å². The minimum atomic E-state index is -1.13. The highest BCUT2D eigenvalue weighted by Gasteiger charge is 2.12. The van der Waals surface area contributed by atoms with Gasteiger partial charge in [0.25, 0.3) is 0 Å². The molecular formula is C19H17NO4. The third-order valence-corrected chi connectivity index (χ3v) is 3.72. The van der Waals surface area contributed by atoms with E-state index in [9.17, 15) is 4.79 Å². The summed E-state index contributed by atoms with van der Waals surface area (Å²) in [6.45, 7) is 2.57. The van der Waals surface area contributed by atoms with Crippen LogP contribution in [-0.4, -0.2) is 16.2 Å². The topological polar surface area (TPSA) is 72.6 Å². The summed E-state index contributed by atoms with van der Waals surface area (Å²) in [5, 5.41) is 12.6. The molecule has 5 nitrogen and oxygen atoms in total. The Morgan fingerprint density at radius 1 is 1.17 bits per heavy atom. The molecule has 3 rings (SSSR count). The van der Waals surface area contributed by atoms with E-state index in [0.717, 1.165) is 23.3 Å². The molecule has 0 unspecified atom stereocenters. The molecule has 122 valence electrons. The zero-order chi connectivity index (χ0) is 16.9. The van der Waals surface area contributed by atoms with E-state index in [4.69, 9.17) is 14.4 Å². The van der Waals surface area contributed by atoms with Crippen LogP contribution in [0, 0.1) is 0 Å². The summed E-state index contributed by atoms with van der Waals surface area (Å²) in [6, 6.07) is 17.0. The van der Waals surface area contributed by atoms with Crippen LogP contribution in [0.1, 0.15) is 28.6 Å². The van der Waals surface area contributed by atoms with E-state index in [1.807, 2.05) is 42.5 Å². The molecule has 0 amide bonds. The molecule has 1 aromatic heterocycles. The number of aryl methyl sites for hydroxylation is 1. The standard InChI is InChI=1S/C19H17NO4/c1-2-14-5-3-4-6-17(14)23-12-13-7-9-15(10-8-13)16-11-18(19(21)22)24-20-16/h3-11H,2,12H2,1H3,(H,21,22). The molecule has 0 saturated carbocycles. The maximum absolute atomic E-state index is 10.8. The molecule has 24 heavy (non-hydrogen) atoms. The summed E-state index contributed by atoms with van der Waals surface area (Å²) in [5.41, 5.74) is 3.49. The van der Waals surface area contributed by atoms with Crippen LogP contribution in [0.4, 0.5) is 0 Å². The van der Waals surface area contributed by atoms with Crippen molar-refractivity contribution in [3.8, 4) is 17.0 Å². The molecule has 0 bridgehead atoms. The highest BCUT2D eigenvalue weighted by atomic mass is 16.5. The predicted molar refractivity (Wildman–Crippen MR) is 89.1 cm³/mol. The first-order chi connectivity index (χ1) is 11.7. The third-order valence-electron chi connectivity index (χ3n) is 3.72. The van der Waals surface area contributed by atoms with Crippen molar-refractivity contribution in [2.75, 3.05) is 0 Å². The average molecular weight is 323 g/mol. The zero-order valence-electron chi connectivity index (χ0n) is 13.2. The van der Waals surface area contributed by atoms with Crippen LogP contribution in [0.15, 0.2) is 59.1 Å². The number of nitrogens with zero attached hydrogens (tertiary/aromatic N) is 1. The van der Waals surface area contributed by atoms with Crippen molar-refractivity contribution in [3.05, 3.63) is 71.5 Å². The van der Waals surface area contributed by atoms with Crippen LogP contribution in [0.2, 0.25) is 0 Å². The summed E-state index contributed by atoms with van der Waals surface area (Å²) in [7, 11) is 0. The van der Waals surface area contributed by atoms with Gasteiger partial charge in [-0.1, -0.05) is 54.5 Å². The van der Waals surface area contributed by atoms with E-state index >= 15 is 0 Å². The molecule has 2 aromatic carbocycles. The molecule has 0 spiro atoms. The Bertz CT molecular complexity index is 837. The second kappa shape index (κ2) is 7.00. The maximum Gasteiger partial charge on any atom is 0.374 e. The van der Waals surface area contributed by atoms with Gasteiger partial charge in [0.1, 0.15) is 18.1 Å². The number of hydrogen-bond donors (Lipinski definition) is 1. The summed E-state index contributed by atoms with van der Waals surface area (Å²) >= 11 is 0. The molecule has 0 saturated heterocycles. The van der Waals surface area contributed by atoms with Crippen LogP contribution in [-0.2, 0) is 13.0 Å². The summed E-state index contributed by atoms with van der Waals surface area (Å²) in [6.07, 6.45) is 0.924. The van der Waals surface area contributed by atoms with E-state index < -0.39 is 5.97 Å². The number of benzene rings is 2. The van der Waals surface area contributed by atoms with Crippen LogP contribution in [0.25, 0.3) is 11.3 Å². The molecule has 3 aromatic rings. The Morgan fingerprint density at radius 2 is 1.92 bits per heavy atom. The van der Waals surface area contributed by atoms with Gasteiger partial charge in [0.05, 0.1) is 0 Å². The molecule has 5 heteroatoms. The highest BCUT2D eigenvalue weighted by Crippen LogP contribution is 2.22. The minimum Gasteiger partial charge on any atom is -0.489 e. The zero-order valence-corrected chi connectivity index (χ0v) is 13.2. The number of rotatable bonds is 6. The lowest BCUT2D eigenvalue weighted by molar-refractivity contribution is 0.0652. The Morgan fingerprint density at radius 3 is 2.58 bits per heavy atom. The lowest BCUT2D eigenvalue weighted by atomic mass is 10.1. The van der Waals surface area contributed by atoms with Gasteiger partial charge in [-0.25, -0.2) is 4.79 Å². The third kappa shape index (κ3) is 3.46. The largest absolute Gasteiger partial charge is 0.489 e. The molecular weight excluding hydrogens is 306 g/mol. The van der Waals surface area contributed by atoms with Gasteiger partial charge in [-0.3, -0.25) is 0 Å². The molecule has 0 radical (unpaired) electrons. The van der Waals surface area contributed by atoms with E-state index in [2.05, 4.69) is 18.1 Å². The number of aromatic nitrogens is 1. The lowest BCUT2D eigenvalue weighted by Gasteiger charge is -2.10. The molecule has 0 aliphatic carbocycles. The summed E-state index contributed by atoms with van der Waals surface area (Å²) in [4.78, 5) is 10.8. The van der Waals surface area contributed by atoms with Crippen molar-refractivity contribution < 1.29 is 19.2 Å². The van der Waals surface area contributed by atoms with E-state index in [-0.39, 0.29) is 5.76 Å².